The molecule has 2 aromatic rings. The van der Waals surface area contributed by atoms with E-state index in [0.717, 1.165) is 21.4 Å². The lowest BCUT2D eigenvalue weighted by molar-refractivity contribution is -0.129. The summed E-state index contributed by atoms with van der Waals surface area (Å²) in [4.78, 5) is 25.5. The highest BCUT2D eigenvalue weighted by molar-refractivity contribution is 14.1. The van der Waals surface area contributed by atoms with Gasteiger partial charge in [0.05, 0.1) is 6.54 Å². The van der Waals surface area contributed by atoms with E-state index in [0.29, 0.717) is 5.76 Å². The fraction of sp³-hybridized carbons (Fsp3) is 0.222. The van der Waals surface area contributed by atoms with Gasteiger partial charge in [0.1, 0.15) is 5.76 Å². The van der Waals surface area contributed by atoms with Crippen molar-refractivity contribution in [3.05, 3.63) is 57.6 Å². The third kappa shape index (κ3) is 5.23. The zero-order valence-corrected chi connectivity index (χ0v) is 15.7. The molecule has 0 bridgehead atoms. The summed E-state index contributed by atoms with van der Waals surface area (Å²) in [7, 11) is 1.59. The van der Waals surface area contributed by atoms with Gasteiger partial charge in [-0.05, 0) is 58.9 Å². The molecule has 2 amide bonds. The van der Waals surface area contributed by atoms with E-state index in [1.807, 2.05) is 37.3 Å². The molecule has 6 heteroatoms. The highest BCUT2D eigenvalue weighted by Gasteiger charge is 2.12. The van der Waals surface area contributed by atoms with Gasteiger partial charge < -0.3 is 14.6 Å². The quantitative estimate of drug-likeness (QED) is 0.555. The van der Waals surface area contributed by atoms with E-state index < -0.39 is 0 Å². The normalized spacial score (nSPS) is 10.8. The number of furan rings is 1. The molecule has 2 rings (SSSR count). The summed E-state index contributed by atoms with van der Waals surface area (Å²) in [5, 5.41) is 2.85. The van der Waals surface area contributed by atoms with E-state index in [1.165, 1.54) is 11.0 Å². The number of carbonyl (C=O) groups is 2. The van der Waals surface area contributed by atoms with Crippen molar-refractivity contribution >= 4 is 46.2 Å². The maximum atomic E-state index is 12.1. The lowest BCUT2D eigenvalue weighted by Gasteiger charge is -2.16. The minimum absolute atomic E-state index is 0.0170. The number of nitrogens with one attached hydrogen (secondary N) is 1. The summed E-state index contributed by atoms with van der Waals surface area (Å²) in [6, 6.07) is 11.2. The van der Waals surface area contributed by atoms with E-state index in [4.69, 9.17) is 4.42 Å². The van der Waals surface area contributed by atoms with Crippen molar-refractivity contribution in [2.45, 2.75) is 13.3 Å². The average molecular weight is 438 g/mol. The minimum Gasteiger partial charge on any atom is -0.451 e. The van der Waals surface area contributed by atoms with Crippen LogP contribution < -0.4 is 5.32 Å². The smallest absolute Gasteiger partial charge is 0.246 e. The van der Waals surface area contributed by atoms with Crippen LogP contribution >= 0.6 is 22.6 Å². The molecule has 0 unspecified atom stereocenters. The van der Waals surface area contributed by atoms with Crippen LogP contribution in [0, 0.1) is 3.77 Å². The summed E-state index contributed by atoms with van der Waals surface area (Å²) in [6.45, 7) is 2.01. The predicted octanol–water partition coefficient (Wildman–Crippen LogP) is 3.56. The highest BCUT2D eigenvalue weighted by atomic mass is 127. The van der Waals surface area contributed by atoms with Crippen molar-refractivity contribution in [3.63, 3.8) is 0 Å². The molecule has 126 valence electrons. The first-order valence-corrected chi connectivity index (χ1v) is 8.63. The van der Waals surface area contributed by atoms with Crippen LogP contribution in [0.25, 0.3) is 6.08 Å². The summed E-state index contributed by atoms with van der Waals surface area (Å²) in [5.41, 5.74) is 1.85. The number of benzene rings is 1. The molecule has 0 spiro atoms. The first-order valence-electron chi connectivity index (χ1n) is 7.56. The SMILES string of the molecule is CCc1ccccc1NC(=O)CN(C)C(=O)/C=C/c1ccc(I)o1. The van der Waals surface area contributed by atoms with Crippen molar-refractivity contribution in [1.29, 1.82) is 0 Å². The lowest BCUT2D eigenvalue weighted by Crippen LogP contribution is -2.34. The Kier molecular flexibility index (Phi) is 6.60. The number of halogens is 1. The highest BCUT2D eigenvalue weighted by Crippen LogP contribution is 2.15. The second-order valence-electron chi connectivity index (χ2n) is 5.23. The number of hydrogen-bond donors (Lipinski definition) is 1. The minimum atomic E-state index is -0.264. The van der Waals surface area contributed by atoms with Gasteiger partial charge in [0.2, 0.25) is 11.8 Å². The van der Waals surface area contributed by atoms with Crippen molar-refractivity contribution < 1.29 is 14.0 Å². The number of likely N-dealkylation sites (N-methyl/N-ethyl adjacent to an activating group) is 1. The zero-order valence-electron chi connectivity index (χ0n) is 13.6. The third-order valence-corrected chi connectivity index (χ3v) is 3.99. The number of carbonyl (C=O) groups excluding carboxylic acids is 2. The number of rotatable bonds is 6. The second-order valence-corrected chi connectivity index (χ2v) is 6.29. The molecule has 0 aliphatic heterocycles. The first-order chi connectivity index (χ1) is 11.5. The largest absolute Gasteiger partial charge is 0.451 e. The number of para-hydroxylation sites is 1. The van der Waals surface area contributed by atoms with E-state index >= 15 is 0 Å². The molecule has 1 aromatic heterocycles. The summed E-state index contributed by atoms with van der Waals surface area (Å²) < 4.78 is 6.10. The number of hydrogen-bond acceptors (Lipinski definition) is 3. The van der Waals surface area contributed by atoms with Crippen molar-refractivity contribution in [2.24, 2.45) is 0 Å². The van der Waals surface area contributed by atoms with Crippen LogP contribution in [-0.2, 0) is 16.0 Å². The van der Waals surface area contributed by atoms with Crippen LogP contribution in [0.4, 0.5) is 5.69 Å². The van der Waals surface area contributed by atoms with Crippen LogP contribution in [0.15, 0.2) is 46.9 Å². The van der Waals surface area contributed by atoms with Crippen LogP contribution in [0.3, 0.4) is 0 Å². The van der Waals surface area contributed by atoms with Gasteiger partial charge in [0, 0.05) is 18.8 Å². The van der Waals surface area contributed by atoms with E-state index in [1.54, 1.807) is 19.2 Å². The Hall–Kier alpha value is -2.09. The monoisotopic (exact) mass is 438 g/mol. The summed E-state index contributed by atoms with van der Waals surface area (Å²) >= 11 is 2.05. The number of nitrogens with zero attached hydrogens (tertiary/aromatic N) is 1. The van der Waals surface area contributed by atoms with Crippen LogP contribution in [0.1, 0.15) is 18.2 Å². The van der Waals surface area contributed by atoms with Gasteiger partial charge in [-0.2, -0.15) is 0 Å². The molecule has 0 atom stereocenters. The van der Waals surface area contributed by atoms with Crippen molar-refractivity contribution in [2.75, 3.05) is 18.9 Å². The van der Waals surface area contributed by atoms with E-state index in [2.05, 4.69) is 27.9 Å². The Morgan fingerprint density at radius 3 is 2.67 bits per heavy atom. The molecule has 1 heterocycles. The molecular formula is C18H19IN2O3. The van der Waals surface area contributed by atoms with Crippen molar-refractivity contribution in [3.8, 4) is 0 Å². The summed E-state index contributed by atoms with van der Waals surface area (Å²) in [5.74, 6) is 0.107. The molecule has 0 radical (unpaired) electrons. The summed E-state index contributed by atoms with van der Waals surface area (Å²) in [6.07, 6.45) is 3.81. The molecule has 5 nitrogen and oxygen atoms in total. The van der Waals surface area contributed by atoms with E-state index in [9.17, 15) is 9.59 Å². The number of amides is 2. The fourth-order valence-corrected chi connectivity index (χ4v) is 2.57. The molecule has 24 heavy (non-hydrogen) atoms. The number of aryl methyl sites for hydroxylation is 1. The fourth-order valence-electron chi connectivity index (χ4n) is 2.13. The van der Waals surface area contributed by atoms with Gasteiger partial charge in [-0.25, -0.2) is 0 Å². The Labute approximate surface area is 154 Å². The lowest BCUT2D eigenvalue weighted by atomic mass is 10.1. The topological polar surface area (TPSA) is 62.6 Å². The van der Waals surface area contributed by atoms with Crippen LogP contribution in [-0.4, -0.2) is 30.3 Å². The van der Waals surface area contributed by atoms with E-state index in [-0.39, 0.29) is 18.4 Å². The first kappa shape index (κ1) is 18.3. The number of anilines is 1. The Balaban J connectivity index is 1.91. The van der Waals surface area contributed by atoms with Crippen LogP contribution in [0.5, 0.6) is 0 Å². The maximum absolute atomic E-state index is 12.1. The zero-order chi connectivity index (χ0) is 17.5. The van der Waals surface area contributed by atoms with Gasteiger partial charge in [-0.15, -0.1) is 0 Å². The molecule has 1 N–H and O–H groups in total. The third-order valence-electron chi connectivity index (χ3n) is 3.41. The molecule has 0 aliphatic rings. The predicted molar refractivity (Wildman–Crippen MR) is 103 cm³/mol. The van der Waals surface area contributed by atoms with Gasteiger partial charge in [-0.3, -0.25) is 9.59 Å². The standard InChI is InChI=1S/C18H19IN2O3/c1-3-13-6-4-5-7-15(13)20-17(22)12-21(2)18(23)11-9-14-8-10-16(19)24-14/h4-11H,3,12H2,1-2H3,(H,20,22)/b11-9+. The van der Waals surface area contributed by atoms with Gasteiger partial charge >= 0.3 is 0 Å². The molecule has 0 saturated carbocycles. The second kappa shape index (κ2) is 8.68. The molecule has 0 fully saturated rings. The average Bonchev–Trinajstić information content (AvgIpc) is 2.98. The van der Waals surface area contributed by atoms with Crippen molar-refractivity contribution in [1.82, 2.24) is 4.90 Å². The van der Waals surface area contributed by atoms with Crippen LogP contribution in [0.2, 0.25) is 0 Å². The van der Waals surface area contributed by atoms with Gasteiger partial charge in [0.25, 0.3) is 0 Å². The molecule has 0 saturated heterocycles. The van der Waals surface area contributed by atoms with Gasteiger partial charge in [-0.1, -0.05) is 25.1 Å². The molecule has 1 aromatic carbocycles. The Morgan fingerprint density at radius 2 is 2.00 bits per heavy atom. The van der Waals surface area contributed by atoms with Gasteiger partial charge in [0.15, 0.2) is 3.77 Å². The molecule has 0 aliphatic carbocycles. The molecular weight excluding hydrogens is 419 g/mol. The Morgan fingerprint density at radius 1 is 1.25 bits per heavy atom. The Bertz CT molecular complexity index is 752. The maximum Gasteiger partial charge on any atom is 0.246 e.